The second kappa shape index (κ2) is 5.65. The molecular formula is C13H19ClN4O. The van der Waals surface area contributed by atoms with Gasteiger partial charge in [0.15, 0.2) is 5.84 Å². The van der Waals surface area contributed by atoms with E-state index in [2.05, 4.69) is 28.9 Å². The van der Waals surface area contributed by atoms with Crippen LogP contribution in [-0.4, -0.2) is 28.6 Å². The molecule has 0 radical (unpaired) electrons. The summed E-state index contributed by atoms with van der Waals surface area (Å²) in [7, 11) is 0. The largest absolute Gasteiger partial charge is 0.409 e. The predicted octanol–water partition coefficient (Wildman–Crippen LogP) is 2.45. The number of nitrogens with zero attached hydrogens (tertiary/aromatic N) is 3. The zero-order valence-electron chi connectivity index (χ0n) is 11.2. The van der Waals surface area contributed by atoms with Gasteiger partial charge in [0.25, 0.3) is 0 Å². The fourth-order valence-electron chi connectivity index (χ4n) is 2.07. The molecule has 0 saturated heterocycles. The van der Waals surface area contributed by atoms with Gasteiger partial charge in [-0.05, 0) is 24.8 Å². The van der Waals surface area contributed by atoms with Gasteiger partial charge in [-0.1, -0.05) is 30.6 Å². The zero-order valence-corrected chi connectivity index (χ0v) is 11.9. The molecule has 19 heavy (non-hydrogen) atoms. The molecule has 1 aromatic heterocycles. The van der Waals surface area contributed by atoms with Crippen LogP contribution in [0.25, 0.3) is 0 Å². The standard InChI is InChI=1S/C13H19ClN4O/c1-8(2)7-18(9-3-4-9)13-11(14)10(5-6-16-13)12(15)17-19/h5-6,8-9,19H,3-4,7H2,1-2H3,(H2,15,17). The first-order valence-electron chi connectivity index (χ1n) is 6.43. The minimum atomic E-state index is 0.00828. The van der Waals surface area contributed by atoms with Crippen LogP contribution in [0.5, 0.6) is 0 Å². The number of anilines is 1. The average Bonchev–Trinajstić information content (AvgIpc) is 3.20. The van der Waals surface area contributed by atoms with Crippen molar-refractivity contribution in [2.24, 2.45) is 16.8 Å². The number of halogens is 1. The summed E-state index contributed by atoms with van der Waals surface area (Å²) in [6.07, 6.45) is 3.97. The van der Waals surface area contributed by atoms with E-state index in [1.807, 2.05) is 0 Å². The summed E-state index contributed by atoms with van der Waals surface area (Å²) in [6.45, 7) is 5.23. The van der Waals surface area contributed by atoms with Crippen LogP contribution >= 0.6 is 11.6 Å². The number of aromatic nitrogens is 1. The van der Waals surface area contributed by atoms with E-state index in [0.29, 0.717) is 22.5 Å². The second-order valence-corrected chi connectivity index (χ2v) is 5.64. The monoisotopic (exact) mass is 282 g/mol. The number of amidine groups is 1. The Morgan fingerprint density at radius 2 is 2.32 bits per heavy atom. The van der Waals surface area contributed by atoms with Gasteiger partial charge in [0.05, 0.1) is 5.02 Å². The number of hydrogen-bond acceptors (Lipinski definition) is 4. The molecule has 0 unspecified atom stereocenters. The number of rotatable bonds is 5. The van der Waals surface area contributed by atoms with Crippen molar-refractivity contribution >= 4 is 23.3 Å². The minimum absolute atomic E-state index is 0.00828. The summed E-state index contributed by atoms with van der Waals surface area (Å²) in [4.78, 5) is 6.60. The molecule has 0 atom stereocenters. The Morgan fingerprint density at radius 1 is 1.63 bits per heavy atom. The molecule has 5 nitrogen and oxygen atoms in total. The molecule has 0 aliphatic heterocycles. The van der Waals surface area contributed by atoms with Crippen molar-refractivity contribution in [2.75, 3.05) is 11.4 Å². The molecule has 1 aliphatic rings. The average molecular weight is 283 g/mol. The fourth-order valence-corrected chi connectivity index (χ4v) is 2.39. The third-order valence-electron chi connectivity index (χ3n) is 3.08. The van der Waals surface area contributed by atoms with E-state index >= 15 is 0 Å². The van der Waals surface area contributed by atoms with E-state index in [4.69, 9.17) is 22.5 Å². The van der Waals surface area contributed by atoms with E-state index in [9.17, 15) is 0 Å². The quantitative estimate of drug-likeness (QED) is 0.376. The Bertz CT molecular complexity index is 486. The number of nitrogens with two attached hydrogens (primary N) is 1. The Labute approximate surface area is 118 Å². The van der Waals surface area contributed by atoms with Crippen molar-refractivity contribution < 1.29 is 5.21 Å². The Morgan fingerprint density at radius 3 is 2.84 bits per heavy atom. The molecule has 104 valence electrons. The first-order chi connectivity index (χ1) is 9.04. The summed E-state index contributed by atoms with van der Waals surface area (Å²) in [5.74, 6) is 1.25. The van der Waals surface area contributed by atoms with Gasteiger partial charge in [0, 0.05) is 24.3 Å². The van der Waals surface area contributed by atoms with Crippen LogP contribution in [0.3, 0.4) is 0 Å². The van der Waals surface area contributed by atoms with E-state index in [1.54, 1.807) is 12.3 Å². The van der Waals surface area contributed by atoms with Crippen molar-refractivity contribution in [3.63, 3.8) is 0 Å². The van der Waals surface area contributed by atoms with Crippen LogP contribution in [0.4, 0.5) is 5.82 Å². The SMILES string of the molecule is CC(C)CN(c1nccc(/C(N)=N/O)c1Cl)C1CC1. The summed E-state index contributed by atoms with van der Waals surface area (Å²) in [6, 6.07) is 2.16. The highest BCUT2D eigenvalue weighted by atomic mass is 35.5. The molecule has 2 rings (SSSR count). The lowest BCUT2D eigenvalue weighted by atomic mass is 10.2. The molecule has 1 aliphatic carbocycles. The van der Waals surface area contributed by atoms with Crippen LogP contribution in [0.2, 0.25) is 5.02 Å². The molecule has 1 fully saturated rings. The molecule has 0 spiro atoms. The maximum atomic E-state index is 8.78. The van der Waals surface area contributed by atoms with Gasteiger partial charge in [0.2, 0.25) is 0 Å². The van der Waals surface area contributed by atoms with Crippen molar-refractivity contribution in [2.45, 2.75) is 32.7 Å². The molecule has 6 heteroatoms. The smallest absolute Gasteiger partial charge is 0.171 e. The summed E-state index contributed by atoms with van der Waals surface area (Å²) >= 11 is 6.36. The summed E-state index contributed by atoms with van der Waals surface area (Å²) in [5.41, 5.74) is 6.14. The lowest BCUT2D eigenvalue weighted by Gasteiger charge is -2.26. The lowest BCUT2D eigenvalue weighted by Crippen LogP contribution is -2.31. The van der Waals surface area contributed by atoms with Crippen LogP contribution < -0.4 is 10.6 Å². The van der Waals surface area contributed by atoms with Gasteiger partial charge in [-0.25, -0.2) is 4.98 Å². The molecule has 1 aromatic rings. The Kier molecular flexibility index (Phi) is 4.14. The second-order valence-electron chi connectivity index (χ2n) is 5.26. The molecule has 1 saturated carbocycles. The minimum Gasteiger partial charge on any atom is -0.409 e. The van der Waals surface area contributed by atoms with Crippen molar-refractivity contribution in [3.8, 4) is 0 Å². The fraction of sp³-hybridized carbons (Fsp3) is 0.538. The van der Waals surface area contributed by atoms with Gasteiger partial charge in [0.1, 0.15) is 5.82 Å². The number of pyridine rings is 1. The van der Waals surface area contributed by atoms with Gasteiger partial charge in [-0.15, -0.1) is 0 Å². The maximum Gasteiger partial charge on any atom is 0.171 e. The summed E-state index contributed by atoms with van der Waals surface area (Å²) < 4.78 is 0. The van der Waals surface area contributed by atoms with Crippen molar-refractivity contribution in [1.29, 1.82) is 0 Å². The molecule has 0 amide bonds. The zero-order chi connectivity index (χ0) is 14.0. The third-order valence-corrected chi connectivity index (χ3v) is 3.45. The van der Waals surface area contributed by atoms with Gasteiger partial charge in [-0.2, -0.15) is 0 Å². The third kappa shape index (κ3) is 3.10. The first kappa shape index (κ1) is 13.9. The van der Waals surface area contributed by atoms with Crippen molar-refractivity contribution in [1.82, 2.24) is 4.98 Å². The van der Waals surface area contributed by atoms with Gasteiger partial charge >= 0.3 is 0 Å². The Balaban J connectivity index is 2.37. The molecule has 1 heterocycles. The highest BCUT2D eigenvalue weighted by molar-refractivity contribution is 6.36. The molecular weight excluding hydrogens is 264 g/mol. The number of oxime groups is 1. The first-order valence-corrected chi connectivity index (χ1v) is 6.81. The van der Waals surface area contributed by atoms with E-state index < -0.39 is 0 Å². The van der Waals surface area contributed by atoms with Crippen molar-refractivity contribution in [3.05, 3.63) is 22.8 Å². The van der Waals surface area contributed by atoms with E-state index in [0.717, 1.165) is 12.4 Å². The molecule has 3 N–H and O–H groups in total. The van der Waals surface area contributed by atoms with Gasteiger partial charge in [-0.3, -0.25) is 0 Å². The van der Waals surface area contributed by atoms with E-state index in [-0.39, 0.29) is 5.84 Å². The topological polar surface area (TPSA) is 74.7 Å². The van der Waals surface area contributed by atoms with Gasteiger partial charge < -0.3 is 15.8 Å². The Hall–Kier alpha value is -1.49. The van der Waals surface area contributed by atoms with Crippen LogP contribution in [0, 0.1) is 5.92 Å². The van der Waals surface area contributed by atoms with Crippen LogP contribution in [-0.2, 0) is 0 Å². The highest BCUT2D eigenvalue weighted by Crippen LogP contribution is 2.36. The molecule has 0 aromatic carbocycles. The predicted molar refractivity (Wildman–Crippen MR) is 77.0 cm³/mol. The lowest BCUT2D eigenvalue weighted by molar-refractivity contribution is 0.318. The van der Waals surface area contributed by atoms with Crippen LogP contribution in [0.15, 0.2) is 17.4 Å². The maximum absolute atomic E-state index is 8.78. The van der Waals surface area contributed by atoms with E-state index in [1.165, 1.54) is 12.8 Å². The summed E-state index contributed by atoms with van der Waals surface area (Å²) in [5, 5.41) is 12.2. The molecule has 0 bridgehead atoms. The normalized spacial score (nSPS) is 15.9. The number of hydrogen-bond donors (Lipinski definition) is 2. The highest BCUT2D eigenvalue weighted by Gasteiger charge is 2.32. The van der Waals surface area contributed by atoms with Crippen LogP contribution in [0.1, 0.15) is 32.3 Å².